The number of amides is 1. The normalized spacial score (nSPS) is 11.8. The van der Waals surface area contributed by atoms with Crippen LogP contribution in [0, 0.1) is 5.82 Å². The van der Waals surface area contributed by atoms with Crippen molar-refractivity contribution in [2.24, 2.45) is 0 Å². The number of nitrogens with one attached hydrogen (secondary N) is 1. The predicted molar refractivity (Wildman–Crippen MR) is 79.2 cm³/mol. The second kappa shape index (κ2) is 7.08. The molecule has 1 aromatic carbocycles. The van der Waals surface area contributed by atoms with E-state index in [1.165, 1.54) is 31.2 Å². The Morgan fingerprint density at radius 3 is 2.91 bits per heavy atom. The number of hydrogen-bond acceptors (Lipinski definition) is 6. The van der Waals surface area contributed by atoms with E-state index in [0.717, 1.165) is 11.5 Å². The summed E-state index contributed by atoms with van der Waals surface area (Å²) in [5, 5.41) is 6.29. The van der Waals surface area contributed by atoms with Crippen LogP contribution < -0.4 is 5.32 Å². The minimum atomic E-state index is -1.03. The van der Waals surface area contributed by atoms with Crippen molar-refractivity contribution >= 4 is 29.1 Å². The van der Waals surface area contributed by atoms with Gasteiger partial charge in [-0.15, -0.1) is 5.10 Å². The number of rotatable bonds is 5. The number of benzene rings is 1. The molecule has 0 fully saturated rings. The smallest absolute Gasteiger partial charge is 0.352 e. The topological polar surface area (TPSA) is 81.2 Å². The second-order valence-electron chi connectivity index (χ2n) is 4.45. The lowest BCUT2D eigenvalue weighted by molar-refractivity contribution is -0.123. The molecule has 1 aromatic heterocycles. The van der Waals surface area contributed by atoms with Crippen molar-refractivity contribution in [2.75, 3.05) is 5.32 Å². The molecule has 8 heteroatoms. The Morgan fingerprint density at radius 1 is 1.45 bits per heavy atom. The van der Waals surface area contributed by atoms with Crippen LogP contribution in [0.25, 0.3) is 0 Å². The summed E-state index contributed by atoms with van der Waals surface area (Å²) < 4.78 is 21.8. The lowest BCUT2D eigenvalue weighted by Gasteiger charge is -2.13. The van der Waals surface area contributed by atoms with Crippen molar-refractivity contribution in [3.63, 3.8) is 0 Å². The predicted octanol–water partition coefficient (Wildman–Crippen LogP) is 2.42. The molecule has 0 aliphatic rings. The van der Waals surface area contributed by atoms with E-state index < -0.39 is 23.8 Å². The van der Waals surface area contributed by atoms with Gasteiger partial charge >= 0.3 is 5.97 Å². The van der Waals surface area contributed by atoms with E-state index in [0.29, 0.717) is 17.8 Å². The molecular formula is C14H14FN3O3S. The molecule has 1 N–H and O–H groups in total. The molecular weight excluding hydrogens is 309 g/mol. The number of halogens is 1. The maximum atomic E-state index is 13.0. The van der Waals surface area contributed by atoms with Crippen LogP contribution in [0.15, 0.2) is 24.3 Å². The molecule has 0 bridgehead atoms. The summed E-state index contributed by atoms with van der Waals surface area (Å²) in [5.41, 5.74) is 0.828. The van der Waals surface area contributed by atoms with Gasteiger partial charge in [-0.1, -0.05) is 17.5 Å². The van der Waals surface area contributed by atoms with E-state index in [2.05, 4.69) is 14.9 Å². The summed E-state index contributed by atoms with van der Waals surface area (Å²) in [4.78, 5) is 24.2. The number of anilines is 1. The Balaban J connectivity index is 1.98. The number of esters is 1. The molecule has 6 nitrogen and oxygen atoms in total. The first-order chi connectivity index (χ1) is 10.5. The Labute approximate surface area is 130 Å². The maximum Gasteiger partial charge on any atom is 0.352 e. The van der Waals surface area contributed by atoms with E-state index >= 15 is 0 Å². The zero-order valence-electron chi connectivity index (χ0n) is 12.0. The van der Waals surface area contributed by atoms with Crippen molar-refractivity contribution in [1.82, 2.24) is 9.59 Å². The summed E-state index contributed by atoms with van der Waals surface area (Å²) in [5.74, 6) is -1.66. The molecule has 0 aliphatic carbocycles. The average Bonchev–Trinajstić information content (AvgIpc) is 2.95. The molecule has 0 spiro atoms. The first-order valence-electron chi connectivity index (χ1n) is 6.60. The van der Waals surface area contributed by atoms with Crippen LogP contribution in [-0.4, -0.2) is 27.6 Å². The lowest BCUT2D eigenvalue weighted by Crippen LogP contribution is -2.30. The first kappa shape index (κ1) is 16.0. The number of hydrogen-bond donors (Lipinski definition) is 1. The van der Waals surface area contributed by atoms with Gasteiger partial charge in [0.15, 0.2) is 11.0 Å². The molecule has 0 radical (unpaired) electrons. The third-order valence-electron chi connectivity index (χ3n) is 2.82. The molecule has 0 saturated heterocycles. The van der Waals surface area contributed by atoms with Crippen molar-refractivity contribution < 1.29 is 18.7 Å². The molecule has 116 valence electrons. The molecule has 1 heterocycles. The van der Waals surface area contributed by atoms with Gasteiger partial charge in [0.1, 0.15) is 5.82 Å². The first-order valence-corrected chi connectivity index (χ1v) is 7.37. The van der Waals surface area contributed by atoms with Gasteiger partial charge in [-0.2, -0.15) is 0 Å². The molecule has 0 aliphatic heterocycles. The fourth-order valence-electron chi connectivity index (χ4n) is 1.67. The molecule has 0 unspecified atom stereocenters. The number of carbonyl (C=O) groups is 2. The number of ether oxygens (including phenoxy) is 1. The molecule has 2 rings (SSSR count). The highest BCUT2D eigenvalue weighted by molar-refractivity contribution is 7.07. The SMILES string of the molecule is CCc1nnsc1C(=O)O[C@H](C)C(=O)Nc1cccc(F)c1. The standard InChI is InChI=1S/C14H14FN3O3S/c1-3-11-12(22-18-17-11)14(20)21-8(2)13(19)16-10-6-4-5-9(15)7-10/h4-8H,3H2,1-2H3,(H,16,19)/t8-/m1/s1. The van der Waals surface area contributed by atoms with Crippen LogP contribution in [0.5, 0.6) is 0 Å². The molecule has 22 heavy (non-hydrogen) atoms. The average molecular weight is 323 g/mol. The lowest BCUT2D eigenvalue weighted by atomic mass is 10.3. The summed E-state index contributed by atoms with van der Waals surface area (Å²) in [6.07, 6.45) is -0.479. The Hall–Kier alpha value is -2.35. The largest absolute Gasteiger partial charge is 0.448 e. The molecule has 0 saturated carbocycles. The summed E-state index contributed by atoms with van der Waals surface area (Å²) in [6.45, 7) is 3.28. The zero-order chi connectivity index (χ0) is 16.1. The van der Waals surface area contributed by atoms with Gasteiger partial charge in [0.2, 0.25) is 0 Å². The van der Waals surface area contributed by atoms with Gasteiger partial charge in [-0.3, -0.25) is 4.79 Å². The van der Waals surface area contributed by atoms with E-state index in [1.54, 1.807) is 0 Å². The maximum absolute atomic E-state index is 13.0. The van der Waals surface area contributed by atoms with Crippen LogP contribution in [0.2, 0.25) is 0 Å². The van der Waals surface area contributed by atoms with Gasteiger partial charge in [-0.05, 0) is 43.1 Å². The fraction of sp³-hybridized carbons (Fsp3) is 0.286. The number of aromatic nitrogens is 2. The van der Waals surface area contributed by atoms with Crippen LogP contribution in [0.3, 0.4) is 0 Å². The van der Waals surface area contributed by atoms with E-state index in [4.69, 9.17) is 4.74 Å². The van der Waals surface area contributed by atoms with Crippen LogP contribution in [0.4, 0.5) is 10.1 Å². The second-order valence-corrected chi connectivity index (χ2v) is 5.20. The van der Waals surface area contributed by atoms with Crippen LogP contribution >= 0.6 is 11.5 Å². The molecule has 1 atom stereocenters. The zero-order valence-corrected chi connectivity index (χ0v) is 12.8. The van der Waals surface area contributed by atoms with E-state index in [1.807, 2.05) is 6.92 Å². The van der Waals surface area contributed by atoms with Crippen molar-refractivity contribution in [3.8, 4) is 0 Å². The Morgan fingerprint density at radius 2 is 2.23 bits per heavy atom. The van der Waals surface area contributed by atoms with Crippen molar-refractivity contribution in [2.45, 2.75) is 26.4 Å². The number of carbonyl (C=O) groups excluding carboxylic acids is 2. The number of nitrogens with zero attached hydrogens (tertiary/aromatic N) is 2. The third-order valence-corrected chi connectivity index (χ3v) is 3.57. The minimum Gasteiger partial charge on any atom is -0.448 e. The Kier molecular flexibility index (Phi) is 5.16. The summed E-state index contributed by atoms with van der Waals surface area (Å²) in [6, 6.07) is 5.45. The van der Waals surface area contributed by atoms with E-state index in [-0.39, 0.29) is 4.88 Å². The molecule has 2 aromatic rings. The van der Waals surface area contributed by atoms with Gasteiger partial charge in [-0.25, -0.2) is 9.18 Å². The highest BCUT2D eigenvalue weighted by Crippen LogP contribution is 2.15. The van der Waals surface area contributed by atoms with Gasteiger partial charge in [0, 0.05) is 5.69 Å². The highest BCUT2D eigenvalue weighted by atomic mass is 32.1. The quantitative estimate of drug-likeness (QED) is 0.855. The highest BCUT2D eigenvalue weighted by Gasteiger charge is 2.23. The van der Waals surface area contributed by atoms with Crippen molar-refractivity contribution in [1.29, 1.82) is 0 Å². The summed E-state index contributed by atoms with van der Waals surface area (Å²) in [7, 11) is 0. The number of aryl methyl sites for hydroxylation is 1. The monoisotopic (exact) mass is 323 g/mol. The minimum absolute atomic E-state index is 0.285. The third kappa shape index (κ3) is 3.85. The van der Waals surface area contributed by atoms with Gasteiger partial charge in [0.25, 0.3) is 5.91 Å². The van der Waals surface area contributed by atoms with Crippen molar-refractivity contribution in [3.05, 3.63) is 40.7 Å². The summed E-state index contributed by atoms with van der Waals surface area (Å²) >= 11 is 0.925. The molecule has 1 amide bonds. The fourth-order valence-corrected chi connectivity index (χ4v) is 2.31. The van der Waals surface area contributed by atoms with Crippen LogP contribution in [0.1, 0.15) is 29.2 Å². The van der Waals surface area contributed by atoms with Crippen LogP contribution in [-0.2, 0) is 16.0 Å². The Bertz CT molecular complexity index is 689. The van der Waals surface area contributed by atoms with Gasteiger partial charge in [0.05, 0.1) is 5.69 Å². The van der Waals surface area contributed by atoms with E-state index in [9.17, 15) is 14.0 Å². The van der Waals surface area contributed by atoms with Gasteiger partial charge < -0.3 is 10.1 Å².